The second-order valence-corrected chi connectivity index (χ2v) is 5.23. The Bertz CT molecular complexity index is 336. The zero-order chi connectivity index (χ0) is 11.5. The van der Waals surface area contributed by atoms with E-state index in [1.165, 1.54) is 36.0 Å². The predicted molar refractivity (Wildman–Crippen MR) is 67.7 cm³/mol. The molecule has 0 spiro atoms. The molecule has 1 aromatic carbocycles. The van der Waals surface area contributed by atoms with E-state index in [1.54, 1.807) is 0 Å². The van der Waals surface area contributed by atoms with Crippen molar-refractivity contribution in [1.29, 1.82) is 0 Å². The Balaban J connectivity index is 2.26. The van der Waals surface area contributed by atoms with Gasteiger partial charge in [-0.3, -0.25) is 0 Å². The summed E-state index contributed by atoms with van der Waals surface area (Å²) in [5.74, 6) is 0.362. The summed E-state index contributed by atoms with van der Waals surface area (Å²) < 4.78 is 0. The maximum atomic E-state index is 10.2. The van der Waals surface area contributed by atoms with Crippen LogP contribution in [0.4, 0.5) is 0 Å². The van der Waals surface area contributed by atoms with Gasteiger partial charge in [0.05, 0.1) is 6.10 Å². The first kappa shape index (κ1) is 11.7. The summed E-state index contributed by atoms with van der Waals surface area (Å²) in [6.45, 7) is 4.28. The summed E-state index contributed by atoms with van der Waals surface area (Å²) in [6, 6.07) is 6.69. The minimum Gasteiger partial charge on any atom is -0.392 e. The van der Waals surface area contributed by atoms with Crippen molar-refractivity contribution in [2.75, 3.05) is 0 Å². The molecule has 0 unspecified atom stereocenters. The molecule has 88 valence electrons. The predicted octanol–water partition coefficient (Wildman–Crippen LogP) is 3.71. The number of aryl methyl sites for hydroxylation is 2. The zero-order valence-corrected chi connectivity index (χ0v) is 10.4. The van der Waals surface area contributed by atoms with Crippen molar-refractivity contribution in [2.45, 2.75) is 58.0 Å². The van der Waals surface area contributed by atoms with Gasteiger partial charge >= 0.3 is 0 Å². The highest BCUT2D eigenvalue weighted by Gasteiger charge is 2.23. The zero-order valence-electron chi connectivity index (χ0n) is 10.4. The van der Waals surface area contributed by atoms with Crippen LogP contribution >= 0.6 is 0 Å². The Morgan fingerprint density at radius 2 is 1.56 bits per heavy atom. The lowest BCUT2D eigenvalue weighted by molar-refractivity contribution is 0.135. The summed E-state index contributed by atoms with van der Waals surface area (Å²) in [5.41, 5.74) is 3.96. The Morgan fingerprint density at radius 1 is 0.938 bits per heavy atom. The van der Waals surface area contributed by atoms with Gasteiger partial charge in [0.1, 0.15) is 0 Å². The lowest BCUT2D eigenvalue weighted by atomic mass is 9.88. The molecule has 2 rings (SSSR count). The highest BCUT2D eigenvalue weighted by atomic mass is 16.3. The third kappa shape index (κ3) is 2.65. The van der Waals surface area contributed by atoms with Gasteiger partial charge in [-0.25, -0.2) is 0 Å². The average molecular weight is 218 g/mol. The summed E-state index contributed by atoms with van der Waals surface area (Å²) in [4.78, 5) is 0. The van der Waals surface area contributed by atoms with E-state index >= 15 is 0 Å². The number of hydrogen-bond donors (Lipinski definition) is 1. The molecule has 0 saturated heterocycles. The van der Waals surface area contributed by atoms with E-state index in [-0.39, 0.29) is 6.10 Å². The fraction of sp³-hybridized carbons (Fsp3) is 0.600. The van der Waals surface area contributed by atoms with Crippen LogP contribution in [-0.4, -0.2) is 11.2 Å². The lowest BCUT2D eigenvalue weighted by Gasteiger charge is -2.21. The van der Waals surface area contributed by atoms with Gasteiger partial charge in [-0.05, 0) is 32.3 Å². The lowest BCUT2D eigenvalue weighted by Crippen LogP contribution is -2.17. The topological polar surface area (TPSA) is 20.2 Å². The standard InChI is InChI=1S/C15H22O/c1-11-8-12(2)10-13(9-11)14-6-4-3-5-7-15(14)16/h8-10,14-16H,3-7H2,1-2H3/t14-,15+/m0/s1. The van der Waals surface area contributed by atoms with Gasteiger partial charge in [-0.1, -0.05) is 48.6 Å². The molecule has 0 radical (unpaired) electrons. The van der Waals surface area contributed by atoms with E-state index in [0.29, 0.717) is 5.92 Å². The first-order valence-corrected chi connectivity index (χ1v) is 6.43. The van der Waals surface area contributed by atoms with Crippen LogP contribution in [0.5, 0.6) is 0 Å². The minimum absolute atomic E-state index is 0.135. The molecule has 0 heterocycles. The molecule has 1 aliphatic rings. The molecule has 16 heavy (non-hydrogen) atoms. The fourth-order valence-electron chi connectivity index (χ4n) is 2.90. The van der Waals surface area contributed by atoms with Crippen molar-refractivity contribution in [3.63, 3.8) is 0 Å². The van der Waals surface area contributed by atoms with Gasteiger partial charge in [-0.2, -0.15) is 0 Å². The second kappa shape index (κ2) is 5.01. The van der Waals surface area contributed by atoms with Gasteiger partial charge in [0.15, 0.2) is 0 Å². The monoisotopic (exact) mass is 218 g/mol. The highest BCUT2D eigenvalue weighted by Crippen LogP contribution is 2.32. The quantitative estimate of drug-likeness (QED) is 0.712. The highest BCUT2D eigenvalue weighted by molar-refractivity contribution is 5.31. The van der Waals surface area contributed by atoms with Crippen LogP contribution in [0, 0.1) is 13.8 Å². The fourth-order valence-corrected chi connectivity index (χ4v) is 2.90. The molecule has 1 fully saturated rings. The molecule has 0 aliphatic heterocycles. The van der Waals surface area contributed by atoms with Crippen LogP contribution in [-0.2, 0) is 0 Å². The first-order valence-electron chi connectivity index (χ1n) is 6.43. The maximum Gasteiger partial charge on any atom is 0.0608 e. The van der Waals surface area contributed by atoms with Crippen LogP contribution in [0.1, 0.15) is 54.7 Å². The third-order valence-corrected chi connectivity index (χ3v) is 3.65. The van der Waals surface area contributed by atoms with Crippen LogP contribution in [0.15, 0.2) is 18.2 Å². The second-order valence-electron chi connectivity index (χ2n) is 5.23. The van der Waals surface area contributed by atoms with Gasteiger partial charge < -0.3 is 5.11 Å². The van der Waals surface area contributed by atoms with Crippen molar-refractivity contribution in [3.05, 3.63) is 34.9 Å². The summed E-state index contributed by atoms with van der Waals surface area (Å²) in [6.07, 6.45) is 5.70. The van der Waals surface area contributed by atoms with E-state index in [4.69, 9.17) is 0 Å². The normalized spacial score (nSPS) is 26.4. The van der Waals surface area contributed by atoms with E-state index in [9.17, 15) is 5.11 Å². The van der Waals surface area contributed by atoms with Crippen LogP contribution in [0.25, 0.3) is 0 Å². The number of aliphatic hydroxyl groups is 1. The van der Waals surface area contributed by atoms with Gasteiger partial charge in [0.25, 0.3) is 0 Å². The summed E-state index contributed by atoms with van der Waals surface area (Å²) in [5, 5.41) is 10.2. The minimum atomic E-state index is -0.135. The molecule has 1 aromatic rings. The molecular weight excluding hydrogens is 196 g/mol. The van der Waals surface area contributed by atoms with E-state index < -0.39 is 0 Å². The van der Waals surface area contributed by atoms with E-state index in [0.717, 1.165) is 12.8 Å². The first-order chi connectivity index (χ1) is 7.66. The van der Waals surface area contributed by atoms with Gasteiger partial charge in [0.2, 0.25) is 0 Å². The molecule has 0 aromatic heterocycles. The molecule has 1 heteroatoms. The molecule has 2 atom stereocenters. The largest absolute Gasteiger partial charge is 0.392 e. The third-order valence-electron chi connectivity index (χ3n) is 3.65. The Hall–Kier alpha value is -0.820. The van der Waals surface area contributed by atoms with Crippen LogP contribution in [0.3, 0.4) is 0 Å². The van der Waals surface area contributed by atoms with Gasteiger partial charge in [-0.15, -0.1) is 0 Å². The molecule has 0 amide bonds. The molecule has 1 saturated carbocycles. The van der Waals surface area contributed by atoms with Crippen molar-refractivity contribution in [3.8, 4) is 0 Å². The number of hydrogen-bond acceptors (Lipinski definition) is 1. The van der Waals surface area contributed by atoms with Crippen LogP contribution in [0.2, 0.25) is 0 Å². The van der Waals surface area contributed by atoms with E-state index in [2.05, 4.69) is 32.0 Å². The summed E-state index contributed by atoms with van der Waals surface area (Å²) >= 11 is 0. The summed E-state index contributed by atoms with van der Waals surface area (Å²) in [7, 11) is 0. The molecular formula is C15H22O. The number of benzene rings is 1. The van der Waals surface area contributed by atoms with E-state index in [1.807, 2.05) is 0 Å². The molecule has 1 nitrogen and oxygen atoms in total. The molecule has 0 bridgehead atoms. The molecule has 1 N–H and O–H groups in total. The average Bonchev–Trinajstić information content (AvgIpc) is 2.41. The Kier molecular flexibility index (Phi) is 3.65. The SMILES string of the molecule is Cc1cc(C)cc([C@@H]2CCCCC[C@H]2O)c1. The van der Waals surface area contributed by atoms with Crippen molar-refractivity contribution in [2.24, 2.45) is 0 Å². The van der Waals surface area contributed by atoms with Crippen molar-refractivity contribution < 1.29 is 5.11 Å². The Labute approximate surface area is 98.5 Å². The number of rotatable bonds is 1. The number of aliphatic hydroxyl groups excluding tert-OH is 1. The van der Waals surface area contributed by atoms with Crippen molar-refractivity contribution >= 4 is 0 Å². The molecule has 1 aliphatic carbocycles. The Morgan fingerprint density at radius 3 is 2.25 bits per heavy atom. The smallest absolute Gasteiger partial charge is 0.0608 e. The van der Waals surface area contributed by atoms with Crippen molar-refractivity contribution in [1.82, 2.24) is 0 Å². The maximum absolute atomic E-state index is 10.2. The van der Waals surface area contributed by atoms with Crippen LogP contribution < -0.4 is 0 Å². The van der Waals surface area contributed by atoms with Gasteiger partial charge in [0, 0.05) is 5.92 Å².